The van der Waals surface area contributed by atoms with E-state index >= 15 is 0 Å². The first-order valence-electron chi connectivity index (χ1n) is 48.9. The molecule has 0 fully saturated rings. The lowest BCUT2D eigenvalue weighted by molar-refractivity contribution is -0.858. The summed E-state index contributed by atoms with van der Waals surface area (Å²) < 4.78 is 15.0. The summed E-state index contributed by atoms with van der Waals surface area (Å²) in [5.74, 6) is -7.02. The molecule has 0 spiro atoms. The number of hydrogen-bond donors (Lipinski definition) is 13. The number of quaternary nitrogens is 1. The van der Waals surface area contributed by atoms with Gasteiger partial charge in [0.25, 0.3) is 35.4 Å². The average molecular weight is 2050 g/mol. The zero-order chi connectivity index (χ0) is 108. The Balaban J connectivity index is 0.0000230. The molecule has 0 aliphatic heterocycles. The summed E-state index contributed by atoms with van der Waals surface area (Å²) in [7, 11) is 20.3. The van der Waals surface area contributed by atoms with Gasteiger partial charge in [-0.25, -0.2) is 24.9 Å². The second-order valence-electron chi connectivity index (χ2n) is 37.1. The molecular formula is C102H130N27O20+. The van der Waals surface area contributed by atoms with Crippen molar-refractivity contribution in [2.24, 2.45) is 70.5 Å². The molecular weight excluding hydrogens is 1920 g/mol. The summed E-state index contributed by atoms with van der Waals surface area (Å²) in [6, 6.07) is 13.8. The number of unbranched alkanes of at least 4 members (excludes halogenated alkanes) is 4. The third-order valence-electron chi connectivity index (χ3n) is 24.2. The Morgan fingerprint density at radius 3 is 1.14 bits per heavy atom. The van der Waals surface area contributed by atoms with Crippen LogP contribution in [-0.4, -0.2) is 240 Å². The molecule has 10 heterocycles. The molecule has 0 bridgehead atoms. The number of amides is 11. The molecule has 149 heavy (non-hydrogen) atoms. The van der Waals surface area contributed by atoms with Crippen LogP contribution in [0.5, 0.6) is 0 Å². The van der Waals surface area contributed by atoms with Crippen LogP contribution in [0.4, 0.5) is 40.2 Å². The normalized spacial score (nSPS) is 11.2. The van der Waals surface area contributed by atoms with Gasteiger partial charge in [-0.15, -0.1) is 0 Å². The summed E-state index contributed by atoms with van der Waals surface area (Å²) in [5, 5.41) is 38.3. The highest BCUT2D eigenvalue weighted by atomic mass is 16.3. The Morgan fingerprint density at radius 1 is 0.275 bits per heavy atom. The molecule has 792 valence electrons. The van der Waals surface area contributed by atoms with E-state index in [-0.39, 0.29) is 245 Å². The van der Waals surface area contributed by atoms with Crippen molar-refractivity contribution < 1.29 is 103 Å². The maximum atomic E-state index is 13.6. The van der Waals surface area contributed by atoms with Crippen LogP contribution in [0.15, 0.2) is 117 Å². The van der Waals surface area contributed by atoms with Gasteiger partial charge in [0.05, 0.1) is 73.3 Å². The molecule has 13 N–H and O–H groups in total. The molecule has 0 unspecified atom stereocenters. The first-order chi connectivity index (χ1) is 71.0. The fourth-order valence-corrected chi connectivity index (χ4v) is 16.6. The smallest absolute Gasteiger partial charge is 0.291 e. The van der Waals surface area contributed by atoms with Gasteiger partial charge in [-0.05, 0) is 111 Å². The molecule has 0 saturated heterocycles. The third-order valence-corrected chi connectivity index (χ3v) is 24.2. The van der Waals surface area contributed by atoms with E-state index in [4.69, 9.17) is 5.11 Å². The van der Waals surface area contributed by atoms with Crippen molar-refractivity contribution in [1.82, 2.24) is 91.9 Å². The van der Waals surface area contributed by atoms with Gasteiger partial charge in [-0.3, -0.25) is 91.1 Å². The molecule has 0 atom stereocenters. The molecule has 11 amide bonds. The number of aliphatic hydroxyl groups is 1. The number of Topliss-reactive ketones (excluding diaryl/α,β-unsaturated/α-hetero) is 8. The molecule has 11 rings (SSSR count). The minimum Gasteiger partial charge on any atom is -0.389 e. The summed E-state index contributed by atoms with van der Waals surface area (Å²) >= 11 is 0. The highest BCUT2D eigenvalue weighted by Gasteiger charge is 2.29. The molecule has 0 saturated carbocycles. The van der Waals surface area contributed by atoms with E-state index in [1.54, 1.807) is 119 Å². The molecule has 0 aliphatic carbocycles. The SMILES string of the molecule is Cn1cc(CC(=O)c2nc(CC(=O)c3nc(CC(=O)CCCC(=O)c4cc(CC(=O)c5nc(NC(=O)CCCNC(=O)c6cc(NC(=O)c7nc(NC(=O)CCNC(=O)c8cc(NC(=O)c9cc(NC(=O)c%10nc(NC(=O)CCNC(=O)CCNC(=O)c%11ccc(NC(=O)CCCCCCC(=O)CO)cc%11)cn%10C)cn9C)cn8C)cn7C)cn6C)cn5C)cn4C)cn3C)cn2C)cc1C(=O)CCCC(=O)CCCC[NH+](C)C.[HH]. The topological polar surface area (TPSA) is 595 Å². The first kappa shape index (κ1) is 112. The van der Waals surface area contributed by atoms with Crippen LogP contribution in [0.1, 0.15) is 268 Å². The lowest BCUT2D eigenvalue weighted by Crippen LogP contribution is -3.05. The number of hydrogen-bond acceptors (Lipinski definition) is 25. The monoisotopic (exact) mass is 2050 g/mol. The van der Waals surface area contributed by atoms with E-state index in [1.165, 1.54) is 118 Å². The molecule has 47 heteroatoms. The van der Waals surface area contributed by atoms with Crippen molar-refractivity contribution in [2.75, 3.05) is 90.6 Å². The number of carbonyl (C=O) groups is 19. The van der Waals surface area contributed by atoms with E-state index in [2.05, 4.69) is 97.5 Å². The number of carbonyl (C=O) groups excluding carboxylic acids is 19. The van der Waals surface area contributed by atoms with Crippen LogP contribution in [0.3, 0.4) is 0 Å². The number of aryl methyl sites for hydroxylation is 10. The second kappa shape index (κ2) is 53.3. The van der Waals surface area contributed by atoms with Crippen LogP contribution in [0, 0.1) is 0 Å². The van der Waals surface area contributed by atoms with E-state index in [0.29, 0.717) is 83.7 Å². The fourth-order valence-electron chi connectivity index (χ4n) is 16.6. The lowest BCUT2D eigenvalue weighted by Gasteiger charge is -2.08. The van der Waals surface area contributed by atoms with E-state index in [9.17, 15) is 91.1 Å². The maximum Gasteiger partial charge on any atom is 0.291 e. The predicted octanol–water partition coefficient (Wildman–Crippen LogP) is 5.74. The van der Waals surface area contributed by atoms with Gasteiger partial charge in [0.1, 0.15) is 35.3 Å². The van der Waals surface area contributed by atoms with Gasteiger partial charge in [0, 0.05) is 255 Å². The van der Waals surface area contributed by atoms with E-state index in [1.807, 2.05) is 0 Å². The standard InChI is InChI=1S/C102H127N27O20.H2/c1-119(2)41-18-17-22-71(131)24-19-26-79(134)74-42-62(51-120(74)3)44-81(136)92-109-70(57-126(92)9)50-83(138)93-108-66(56-125(93)8)46-72(132)25-20-27-80(135)75-43-63(52-121(75)4)45-82(137)94-116-84(58-127(94)10)113-89(141)29-21-37-104-98(145)76-48-68(54-123(76)6)111-101(148)95-118-86(60-129(95)12)115-91(143)36-40-106-99(146)77-47-67(53-122(77)5)110-100(147)78-49-69(55-124(78)7)112-102(149)96-117-85(59-128(96)11)114-90(142)35-38-103-87(139)34-39-105-97(144)64-30-32-65(33-31-64)107-88(140)28-16-14-13-15-23-73(133)61-130;/h30-33,42-43,47-49,51-60,130H,13-29,34-41,44-46,50,61H2,1-12H3,(H,103,139)(H,104,145)(H,105,144)(H,106,146)(H,107,140)(H,110,147)(H,111,148)(H,112,149)(H,113,141)(H,114,142)(H,115,143);1H/p+1. The number of aromatic nitrogens is 15. The molecule has 10 aromatic heterocycles. The first-order valence-corrected chi connectivity index (χ1v) is 48.9. The number of aliphatic hydroxyl groups excluding tert-OH is 1. The summed E-state index contributed by atoms with van der Waals surface area (Å²) in [4.78, 5) is 271. The minimum absolute atomic E-state index is 0. The Hall–Kier alpha value is -16.9. The van der Waals surface area contributed by atoms with Crippen molar-refractivity contribution in [1.29, 1.82) is 0 Å². The van der Waals surface area contributed by atoms with Crippen LogP contribution in [-0.2, 0) is 135 Å². The number of nitrogens with zero attached hydrogens (tertiary/aromatic N) is 15. The van der Waals surface area contributed by atoms with Gasteiger partial charge >= 0.3 is 0 Å². The van der Waals surface area contributed by atoms with E-state index in [0.717, 1.165) is 32.2 Å². The highest BCUT2D eigenvalue weighted by molar-refractivity contribution is 6.09. The molecule has 0 radical (unpaired) electrons. The summed E-state index contributed by atoms with van der Waals surface area (Å²) in [5.41, 5.74) is 4.58. The van der Waals surface area contributed by atoms with Crippen LogP contribution < -0.4 is 63.4 Å². The number of rotatable bonds is 60. The predicted molar refractivity (Wildman–Crippen MR) is 549 cm³/mol. The molecule has 47 nitrogen and oxygen atoms in total. The summed E-state index contributed by atoms with van der Waals surface area (Å²) in [6.07, 6.45) is 21.8. The average Bonchev–Trinajstić information content (AvgIpc) is 1.67. The second-order valence-corrected chi connectivity index (χ2v) is 37.1. The number of anilines is 7. The highest BCUT2D eigenvalue weighted by Crippen LogP contribution is 2.25. The Kier molecular flexibility index (Phi) is 40.2. The van der Waals surface area contributed by atoms with Crippen LogP contribution in [0.25, 0.3) is 0 Å². The third kappa shape index (κ3) is 33.3. The Bertz CT molecular complexity index is 6860. The number of benzene rings is 1. The lowest BCUT2D eigenvalue weighted by atomic mass is 10.0. The number of ketones is 8. The largest absolute Gasteiger partial charge is 0.389 e. The van der Waals surface area contributed by atoms with E-state index < -0.39 is 71.5 Å². The van der Waals surface area contributed by atoms with Crippen molar-refractivity contribution in [3.8, 4) is 0 Å². The molecule has 11 aromatic rings. The quantitative estimate of drug-likeness (QED) is 0.0160. The van der Waals surface area contributed by atoms with Crippen molar-refractivity contribution in [3.63, 3.8) is 0 Å². The molecule has 0 aliphatic rings. The number of imidazole rings is 5. The van der Waals surface area contributed by atoms with Crippen molar-refractivity contribution in [2.45, 2.75) is 154 Å². The van der Waals surface area contributed by atoms with Gasteiger partial charge in [0.15, 0.2) is 52.3 Å². The van der Waals surface area contributed by atoms with Crippen molar-refractivity contribution in [3.05, 3.63) is 202 Å². The van der Waals surface area contributed by atoms with Crippen LogP contribution >= 0.6 is 0 Å². The maximum absolute atomic E-state index is 13.6. The van der Waals surface area contributed by atoms with Crippen LogP contribution in [0.2, 0.25) is 0 Å². The zero-order valence-electron chi connectivity index (χ0n) is 85.6. The molecule has 1 aromatic carbocycles. The van der Waals surface area contributed by atoms with Gasteiger partial charge < -0.3 is 114 Å². The Morgan fingerprint density at radius 2 is 0.644 bits per heavy atom. The Labute approximate surface area is 859 Å². The minimum atomic E-state index is -0.677. The van der Waals surface area contributed by atoms with Crippen molar-refractivity contribution >= 4 is 151 Å². The summed E-state index contributed by atoms with van der Waals surface area (Å²) in [6.45, 7) is 0.450. The van der Waals surface area contributed by atoms with Gasteiger partial charge in [-0.2, -0.15) is 0 Å². The zero-order valence-corrected chi connectivity index (χ0v) is 85.6. The van der Waals surface area contributed by atoms with Gasteiger partial charge in [-0.1, -0.05) is 12.8 Å². The number of nitrogens with one attached hydrogen (secondary N) is 12. The van der Waals surface area contributed by atoms with Gasteiger partial charge in [0.2, 0.25) is 58.5 Å². The fraction of sp³-hybridized carbons (Fsp3) is 0.412.